The summed E-state index contributed by atoms with van der Waals surface area (Å²) in [6, 6.07) is -0.139. The highest BCUT2D eigenvalue weighted by Crippen LogP contribution is 2.38. The summed E-state index contributed by atoms with van der Waals surface area (Å²) in [7, 11) is -3.34. The Labute approximate surface area is 162 Å². The molecule has 0 radical (unpaired) electrons. The van der Waals surface area contributed by atoms with E-state index in [0.717, 1.165) is 31.5 Å². The van der Waals surface area contributed by atoms with Gasteiger partial charge in [-0.2, -0.15) is 4.31 Å². The van der Waals surface area contributed by atoms with E-state index >= 15 is 0 Å². The molecule has 1 unspecified atom stereocenters. The van der Waals surface area contributed by atoms with Crippen LogP contribution in [-0.4, -0.2) is 65.0 Å². The molecule has 2 aliphatic rings. The van der Waals surface area contributed by atoms with Crippen LogP contribution in [0.4, 0.5) is 0 Å². The average Bonchev–Trinajstić information content (AvgIpc) is 3.24. The van der Waals surface area contributed by atoms with E-state index in [-0.39, 0.29) is 17.4 Å². The second-order valence-electron chi connectivity index (χ2n) is 8.36. The Morgan fingerprint density at radius 2 is 2.04 bits per heavy atom. The Bertz CT molecular complexity index is 768. The van der Waals surface area contributed by atoms with E-state index in [2.05, 4.69) is 11.9 Å². The first kappa shape index (κ1) is 20.3. The molecular formula is C19H32N4O3S. The molecule has 1 aromatic rings. The van der Waals surface area contributed by atoms with Gasteiger partial charge in [0.25, 0.3) is 0 Å². The van der Waals surface area contributed by atoms with Crippen molar-refractivity contribution in [2.75, 3.05) is 25.9 Å². The number of aryl methyl sites for hydroxylation is 1. The van der Waals surface area contributed by atoms with Crippen molar-refractivity contribution in [1.29, 1.82) is 0 Å². The zero-order valence-electron chi connectivity index (χ0n) is 16.7. The van der Waals surface area contributed by atoms with E-state index in [1.54, 1.807) is 10.5 Å². The minimum atomic E-state index is -3.34. The fourth-order valence-corrected chi connectivity index (χ4v) is 5.68. The van der Waals surface area contributed by atoms with E-state index in [4.69, 9.17) is 0 Å². The van der Waals surface area contributed by atoms with Gasteiger partial charge in [0.1, 0.15) is 5.82 Å². The van der Waals surface area contributed by atoms with Crippen LogP contribution in [0.15, 0.2) is 12.4 Å². The van der Waals surface area contributed by atoms with Gasteiger partial charge in [-0.3, -0.25) is 4.79 Å². The van der Waals surface area contributed by atoms with E-state index in [1.165, 1.54) is 12.7 Å². The number of likely N-dealkylation sites (tertiary alicyclic amines) is 1. The van der Waals surface area contributed by atoms with Crippen molar-refractivity contribution in [3.8, 4) is 0 Å². The van der Waals surface area contributed by atoms with Crippen molar-refractivity contribution in [1.82, 2.24) is 18.8 Å². The quantitative estimate of drug-likeness (QED) is 0.737. The van der Waals surface area contributed by atoms with Crippen LogP contribution in [0.1, 0.15) is 51.3 Å². The van der Waals surface area contributed by atoms with Crippen molar-refractivity contribution in [3.63, 3.8) is 0 Å². The van der Waals surface area contributed by atoms with E-state index in [9.17, 15) is 13.2 Å². The molecule has 1 atom stereocenters. The van der Waals surface area contributed by atoms with Gasteiger partial charge in [0.05, 0.1) is 6.26 Å². The largest absolute Gasteiger partial charge is 0.341 e. The Hall–Kier alpha value is -1.41. The Morgan fingerprint density at radius 3 is 2.63 bits per heavy atom. The van der Waals surface area contributed by atoms with Gasteiger partial charge in [0.2, 0.25) is 15.9 Å². The third kappa shape index (κ3) is 4.54. The molecule has 1 aliphatic heterocycles. The number of aromatic nitrogens is 2. The van der Waals surface area contributed by atoms with Crippen LogP contribution in [0, 0.1) is 12.3 Å². The Kier molecular flexibility index (Phi) is 5.96. The summed E-state index contributed by atoms with van der Waals surface area (Å²) in [4.78, 5) is 19.2. The summed E-state index contributed by atoms with van der Waals surface area (Å²) in [5.41, 5.74) is -0.267. The normalized spacial score (nSPS) is 23.1. The highest BCUT2D eigenvalue weighted by Gasteiger charge is 2.42. The van der Waals surface area contributed by atoms with E-state index in [0.29, 0.717) is 32.6 Å². The van der Waals surface area contributed by atoms with E-state index in [1.807, 2.05) is 22.6 Å². The molecule has 7 nitrogen and oxygen atoms in total. The summed E-state index contributed by atoms with van der Waals surface area (Å²) < 4.78 is 28.3. The molecule has 0 N–H and O–H groups in total. The lowest BCUT2D eigenvalue weighted by molar-refractivity contribution is -0.142. The molecule has 2 fully saturated rings. The van der Waals surface area contributed by atoms with Crippen LogP contribution >= 0.6 is 0 Å². The monoisotopic (exact) mass is 396 g/mol. The number of imidazole rings is 1. The van der Waals surface area contributed by atoms with Crippen molar-refractivity contribution >= 4 is 15.9 Å². The lowest BCUT2D eigenvalue weighted by Gasteiger charge is -2.36. The van der Waals surface area contributed by atoms with Gasteiger partial charge < -0.3 is 9.47 Å². The highest BCUT2D eigenvalue weighted by atomic mass is 32.2. The van der Waals surface area contributed by atoms with Crippen molar-refractivity contribution in [2.45, 2.75) is 65.0 Å². The summed E-state index contributed by atoms with van der Waals surface area (Å²) in [5.74, 6) is 1.08. The second kappa shape index (κ2) is 7.91. The lowest BCUT2D eigenvalue weighted by atomic mass is 9.75. The average molecular weight is 397 g/mol. The number of hydrogen-bond donors (Lipinski definition) is 0. The molecule has 2 heterocycles. The summed E-state index contributed by atoms with van der Waals surface area (Å²) >= 11 is 0. The smallest absolute Gasteiger partial charge is 0.228 e. The molecule has 1 aromatic heterocycles. The molecule has 0 aromatic carbocycles. The standard InChI is InChI=1S/C19H32N4O3S/c1-16-20-10-12-21(16)13-14-23(27(3,25)26)17-7-11-22(15-17)18(24)19(2)8-5-4-6-9-19/h10,12,17H,4-9,11,13-15H2,1-3H3. The van der Waals surface area contributed by atoms with Crippen molar-refractivity contribution < 1.29 is 13.2 Å². The van der Waals surface area contributed by atoms with Gasteiger partial charge in [-0.15, -0.1) is 0 Å². The summed E-state index contributed by atoms with van der Waals surface area (Å²) in [6.45, 7) is 6.12. The minimum Gasteiger partial charge on any atom is -0.341 e. The molecule has 27 heavy (non-hydrogen) atoms. The highest BCUT2D eigenvalue weighted by molar-refractivity contribution is 7.88. The number of hydrogen-bond acceptors (Lipinski definition) is 4. The van der Waals surface area contributed by atoms with E-state index < -0.39 is 10.0 Å². The van der Waals surface area contributed by atoms with Crippen LogP contribution < -0.4 is 0 Å². The lowest BCUT2D eigenvalue weighted by Crippen LogP contribution is -2.46. The van der Waals surface area contributed by atoms with Crippen molar-refractivity contribution in [3.05, 3.63) is 18.2 Å². The maximum atomic E-state index is 13.1. The summed E-state index contributed by atoms with van der Waals surface area (Å²) in [5, 5.41) is 0. The maximum Gasteiger partial charge on any atom is 0.228 e. The predicted octanol–water partition coefficient (Wildman–Crippen LogP) is 2.02. The summed E-state index contributed by atoms with van der Waals surface area (Å²) in [6.07, 6.45) is 10.9. The van der Waals surface area contributed by atoms with Crippen LogP contribution in [0.25, 0.3) is 0 Å². The fourth-order valence-electron chi connectivity index (χ4n) is 4.55. The Morgan fingerprint density at radius 1 is 1.33 bits per heavy atom. The number of carbonyl (C=O) groups excluding carboxylic acids is 1. The van der Waals surface area contributed by atoms with Gasteiger partial charge >= 0.3 is 0 Å². The zero-order valence-corrected chi connectivity index (χ0v) is 17.5. The van der Waals surface area contributed by atoms with Gasteiger partial charge in [-0.1, -0.05) is 26.2 Å². The molecular weight excluding hydrogens is 364 g/mol. The van der Waals surface area contributed by atoms with Crippen LogP contribution in [0.2, 0.25) is 0 Å². The Balaban J connectivity index is 1.66. The minimum absolute atomic E-state index is 0.139. The number of amides is 1. The molecule has 1 saturated carbocycles. The van der Waals surface area contributed by atoms with Gasteiger partial charge in [0, 0.05) is 50.0 Å². The number of carbonyl (C=O) groups is 1. The van der Waals surface area contributed by atoms with Crippen molar-refractivity contribution in [2.24, 2.45) is 5.41 Å². The van der Waals surface area contributed by atoms with Crippen LogP contribution in [0.5, 0.6) is 0 Å². The SMILES string of the molecule is Cc1nccn1CCN(C1CCN(C(=O)C2(C)CCCCC2)C1)S(C)(=O)=O. The van der Waals surface area contributed by atoms with Gasteiger partial charge in [0.15, 0.2) is 0 Å². The molecule has 1 saturated heterocycles. The topological polar surface area (TPSA) is 75.5 Å². The zero-order chi connectivity index (χ0) is 19.7. The molecule has 1 amide bonds. The number of sulfonamides is 1. The van der Waals surface area contributed by atoms with Crippen LogP contribution in [-0.2, 0) is 21.4 Å². The molecule has 0 spiro atoms. The first-order valence-corrected chi connectivity index (χ1v) is 11.8. The van der Waals surface area contributed by atoms with Gasteiger partial charge in [-0.25, -0.2) is 13.4 Å². The first-order valence-electron chi connectivity index (χ1n) is 9.95. The second-order valence-corrected chi connectivity index (χ2v) is 10.3. The molecule has 1 aliphatic carbocycles. The molecule has 152 valence electrons. The van der Waals surface area contributed by atoms with Crippen LogP contribution in [0.3, 0.4) is 0 Å². The van der Waals surface area contributed by atoms with Gasteiger partial charge in [-0.05, 0) is 26.2 Å². The molecule has 0 bridgehead atoms. The maximum absolute atomic E-state index is 13.1. The third-order valence-electron chi connectivity index (χ3n) is 6.24. The number of nitrogens with zero attached hydrogens (tertiary/aromatic N) is 4. The molecule has 8 heteroatoms. The third-order valence-corrected chi connectivity index (χ3v) is 7.57. The first-order chi connectivity index (χ1) is 12.7. The fraction of sp³-hybridized carbons (Fsp3) is 0.789. The molecule has 3 rings (SSSR count). The number of rotatable bonds is 6. The predicted molar refractivity (Wildman–Crippen MR) is 105 cm³/mol.